The van der Waals surface area contributed by atoms with Crippen LogP contribution in [0.2, 0.25) is 0 Å². The Morgan fingerprint density at radius 3 is 2.81 bits per heavy atom. The molecule has 0 saturated carbocycles. The third-order valence-electron chi connectivity index (χ3n) is 4.01. The highest BCUT2D eigenvalue weighted by atomic mass is 32.2. The average Bonchev–Trinajstić information content (AvgIpc) is 3.07. The quantitative estimate of drug-likeness (QED) is 0.753. The summed E-state index contributed by atoms with van der Waals surface area (Å²) in [5.74, 6) is 2.39. The molecule has 3 rings (SSSR count). The number of fused-ring (bicyclic) bond motifs is 1. The standard InChI is InChI=1S/C19H25N3O3S/c1-4-22-15(14-5-6-16-17(9-14)25-8-7-24-16)11-21-19(22)26-12-18(23)20-10-13(2)3/h5-6,9,11,13H,4,7-8,10,12H2,1-3H3,(H,20,23). The van der Waals surface area contributed by atoms with Crippen molar-refractivity contribution < 1.29 is 14.3 Å². The molecule has 1 aliphatic rings. The number of benzene rings is 1. The van der Waals surface area contributed by atoms with Crippen molar-refractivity contribution in [1.29, 1.82) is 0 Å². The molecule has 140 valence electrons. The first-order valence-electron chi connectivity index (χ1n) is 8.93. The van der Waals surface area contributed by atoms with E-state index < -0.39 is 0 Å². The van der Waals surface area contributed by atoms with Crippen molar-refractivity contribution in [2.75, 3.05) is 25.5 Å². The first-order valence-corrected chi connectivity index (χ1v) is 9.92. The van der Waals surface area contributed by atoms with Gasteiger partial charge in [0.15, 0.2) is 16.7 Å². The molecule has 6 nitrogen and oxygen atoms in total. The lowest BCUT2D eigenvalue weighted by Crippen LogP contribution is -2.28. The number of hydrogen-bond acceptors (Lipinski definition) is 5. The van der Waals surface area contributed by atoms with Gasteiger partial charge in [0, 0.05) is 18.7 Å². The minimum absolute atomic E-state index is 0.0373. The maximum atomic E-state index is 12.0. The molecular weight excluding hydrogens is 350 g/mol. The molecule has 0 aliphatic carbocycles. The second-order valence-electron chi connectivity index (χ2n) is 6.52. The van der Waals surface area contributed by atoms with E-state index in [4.69, 9.17) is 9.47 Å². The van der Waals surface area contributed by atoms with Crippen molar-refractivity contribution in [3.8, 4) is 22.8 Å². The van der Waals surface area contributed by atoms with Gasteiger partial charge in [-0.2, -0.15) is 0 Å². The highest BCUT2D eigenvalue weighted by Gasteiger charge is 2.16. The van der Waals surface area contributed by atoms with Crippen LogP contribution in [0.3, 0.4) is 0 Å². The summed E-state index contributed by atoms with van der Waals surface area (Å²) < 4.78 is 13.4. The third-order valence-corrected chi connectivity index (χ3v) is 5.00. The van der Waals surface area contributed by atoms with E-state index >= 15 is 0 Å². The highest BCUT2D eigenvalue weighted by Crippen LogP contribution is 2.35. The lowest BCUT2D eigenvalue weighted by molar-refractivity contribution is -0.118. The number of carbonyl (C=O) groups is 1. The number of thioether (sulfide) groups is 1. The number of imidazole rings is 1. The molecule has 1 aromatic heterocycles. The van der Waals surface area contributed by atoms with Crippen molar-refractivity contribution in [1.82, 2.24) is 14.9 Å². The second-order valence-corrected chi connectivity index (χ2v) is 7.46. The molecule has 0 atom stereocenters. The predicted octanol–water partition coefficient (Wildman–Crippen LogP) is 3.21. The Morgan fingerprint density at radius 2 is 2.08 bits per heavy atom. The zero-order chi connectivity index (χ0) is 18.5. The zero-order valence-electron chi connectivity index (χ0n) is 15.4. The molecule has 0 saturated heterocycles. The van der Waals surface area contributed by atoms with Gasteiger partial charge >= 0.3 is 0 Å². The van der Waals surface area contributed by atoms with Crippen LogP contribution in [0, 0.1) is 5.92 Å². The number of rotatable bonds is 7. The van der Waals surface area contributed by atoms with E-state index in [1.54, 1.807) is 0 Å². The van der Waals surface area contributed by atoms with Gasteiger partial charge in [0.1, 0.15) is 13.2 Å². The van der Waals surface area contributed by atoms with Crippen LogP contribution in [0.15, 0.2) is 29.6 Å². The molecule has 0 fully saturated rings. The van der Waals surface area contributed by atoms with Crippen LogP contribution >= 0.6 is 11.8 Å². The summed E-state index contributed by atoms with van der Waals surface area (Å²) in [6.45, 7) is 8.86. The Bertz CT molecular complexity index is 773. The van der Waals surface area contributed by atoms with Gasteiger partial charge in [-0.1, -0.05) is 25.6 Å². The fourth-order valence-corrected chi connectivity index (χ4v) is 3.58. The Hall–Kier alpha value is -2.15. The fraction of sp³-hybridized carbons (Fsp3) is 0.474. The van der Waals surface area contributed by atoms with Gasteiger partial charge in [-0.05, 0) is 31.0 Å². The molecule has 1 N–H and O–H groups in total. The summed E-state index contributed by atoms with van der Waals surface area (Å²) in [5, 5.41) is 3.78. The smallest absolute Gasteiger partial charge is 0.230 e. The van der Waals surface area contributed by atoms with Gasteiger partial charge in [-0.25, -0.2) is 4.98 Å². The molecule has 0 spiro atoms. The van der Waals surface area contributed by atoms with Crippen molar-refractivity contribution in [3.05, 3.63) is 24.4 Å². The maximum Gasteiger partial charge on any atom is 0.230 e. The maximum absolute atomic E-state index is 12.0. The predicted molar refractivity (Wildman–Crippen MR) is 103 cm³/mol. The summed E-state index contributed by atoms with van der Waals surface area (Å²) >= 11 is 1.46. The summed E-state index contributed by atoms with van der Waals surface area (Å²) in [4.78, 5) is 16.5. The average molecular weight is 375 g/mol. The molecule has 1 aromatic carbocycles. The first kappa shape index (κ1) is 18.6. The van der Waals surface area contributed by atoms with E-state index in [-0.39, 0.29) is 5.91 Å². The van der Waals surface area contributed by atoms with Crippen molar-refractivity contribution in [2.24, 2.45) is 5.92 Å². The van der Waals surface area contributed by atoms with Crippen molar-refractivity contribution in [2.45, 2.75) is 32.5 Å². The molecule has 0 radical (unpaired) electrons. The normalized spacial score (nSPS) is 13.1. The Kier molecular flexibility index (Phi) is 6.08. The summed E-state index contributed by atoms with van der Waals surface area (Å²) in [7, 11) is 0. The SMILES string of the molecule is CCn1c(-c2ccc3c(c2)OCCO3)cnc1SCC(=O)NCC(C)C. The van der Waals surface area contributed by atoms with E-state index in [1.807, 2.05) is 24.4 Å². The van der Waals surface area contributed by atoms with Gasteiger partial charge < -0.3 is 19.4 Å². The van der Waals surface area contributed by atoms with Crippen LogP contribution in [0.1, 0.15) is 20.8 Å². The largest absolute Gasteiger partial charge is 0.486 e. The van der Waals surface area contributed by atoms with E-state index in [0.717, 1.165) is 34.5 Å². The van der Waals surface area contributed by atoms with Crippen LogP contribution < -0.4 is 14.8 Å². The van der Waals surface area contributed by atoms with E-state index in [1.165, 1.54) is 11.8 Å². The summed E-state index contributed by atoms with van der Waals surface area (Å²) in [6, 6.07) is 5.94. The molecule has 1 amide bonds. The Labute approximate surface area is 158 Å². The molecule has 0 bridgehead atoms. The van der Waals surface area contributed by atoms with E-state index in [0.29, 0.717) is 31.4 Å². The van der Waals surface area contributed by atoms with Crippen LogP contribution in [-0.4, -0.2) is 41.0 Å². The van der Waals surface area contributed by atoms with E-state index in [2.05, 4.69) is 35.6 Å². The van der Waals surface area contributed by atoms with Gasteiger partial charge in [-0.3, -0.25) is 4.79 Å². The molecule has 2 aromatic rings. The van der Waals surface area contributed by atoms with Gasteiger partial charge in [-0.15, -0.1) is 0 Å². The topological polar surface area (TPSA) is 65.4 Å². The monoisotopic (exact) mass is 375 g/mol. The Morgan fingerprint density at radius 1 is 1.31 bits per heavy atom. The fourth-order valence-electron chi connectivity index (χ4n) is 2.71. The molecule has 7 heteroatoms. The van der Waals surface area contributed by atoms with Gasteiger partial charge in [0.25, 0.3) is 0 Å². The van der Waals surface area contributed by atoms with Crippen LogP contribution in [-0.2, 0) is 11.3 Å². The third kappa shape index (κ3) is 4.33. The van der Waals surface area contributed by atoms with Crippen LogP contribution in [0.5, 0.6) is 11.5 Å². The second kappa shape index (κ2) is 8.49. The molecule has 1 aliphatic heterocycles. The minimum Gasteiger partial charge on any atom is -0.486 e. The lowest BCUT2D eigenvalue weighted by Gasteiger charge is -2.19. The van der Waals surface area contributed by atoms with Crippen LogP contribution in [0.4, 0.5) is 0 Å². The van der Waals surface area contributed by atoms with E-state index in [9.17, 15) is 4.79 Å². The number of amides is 1. The van der Waals surface area contributed by atoms with Crippen molar-refractivity contribution in [3.63, 3.8) is 0 Å². The Balaban J connectivity index is 1.73. The number of hydrogen-bond donors (Lipinski definition) is 1. The van der Waals surface area contributed by atoms with Crippen molar-refractivity contribution >= 4 is 17.7 Å². The van der Waals surface area contributed by atoms with Gasteiger partial charge in [0.05, 0.1) is 17.6 Å². The number of nitrogens with one attached hydrogen (secondary N) is 1. The number of carbonyl (C=O) groups excluding carboxylic acids is 1. The molecular formula is C19H25N3O3S. The van der Waals surface area contributed by atoms with Crippen LogP contribution in [0.25, 0.3) is 11.3 Å². The lowest BCUT2D eigenvalue weighted by atomic mass is 10.1. The zero-order valence-corrected chi connectivity index (χ0v) is 16.3. The number of nitrogens with zero attached hydrogens (tertiary/aromatic N) is 2. The number of ether oxygens (including phenoxy) is 2. The highest BCUT2D eigenvalue weighted by molar-refractivity contribution is 7.99. The van der Waals surface area contributed by atoms with Gasteiger partial charge in [0.2, 0.25) is 5.91 Å². The molecule has 0 unspecified atom stereocenters. The number of aromatic nitrogens is 2. The summed E-state index contributed by atoms with van der Waals surface area (Å²) in [5.41, 5.74) is 2.04. The minimum atomic E-state index is 0.0373. The molecule has 2 heterocycles. The first-order chi connectivity index (χ1) is 12.6. The summed E-state index contributed by atoms with van der Waals surface area (Å²) in [6.07, 6.45) is 1.85. The molecule has 26 heavy (non-hydrogen) atoms.